The van der Waals surface area contributed by atoms with Gasteiger partial charge >= 0.3 is 6.03 Å². The summed E-state index contributed by atoms with van der Waals surface area (Å²) in [6, 6.07) is 13.2. The molecule has 2 aromatic carbocycles. The number of aliphatic hydroxyl groups is 1. The van der Waals surface area contributed by atoms with E-state index in [9.17, 15) is 19.1 Å². The maximum Gasteiger partial charge on any atom is 0.325 e. The number of nitrogens with zero attached hydrogens (tertiary/aromatic N) is 1. The monoisotopic (exact) mass is 414 g/mol. The van der Waals surface area contributed by atoms with Crippen LogP contribution >= 0.6 is 0 Å². The molecule has 1 aliphatic heterocycles. The normalized spacial score (nSPS) is 20.0. The van der Waals surface area contributed by atoms with Crippen molar-refractivity contribution in [2.75, 3.05) is 13.2 Å². The minimum Gasteiger partial charge on any atom is -0.389 e. The smallest absolute Gasteiger partial charge is 0.325 e. The highest BCUT2D eigenvalue weighted by atomic mass is 19.1. The van der Waals surface area contributed by atoms with Gasteiger partial charge in [0.25, 0.3) is 5.91 Å². The van der Waals surface area contributed by atoms with Gasteiger partial charge in [-0.2, -0.15) is 0 Å². The van der Waals surface area contributed by atoms with Crippen molar-refractivity contribution < 1.29 is 23.8 Å². The van der Waals surface area contributed by atoms with Gasteiger partial charge in [-0.25, -0.2) is 9.18 Å². The van der Waals surface area contributed by atoms with Crippen LogP contribution in [-0.4, -0.2) is 41.2 Å². The van der Waals surface area contributed by atoms with Gasteiger partial charge in [0.1, 0.15) is 11.4 Å². The second kappa shape index (κ2) is 8.93. The highest BCUT2D eigenvalue weighted by Gasteiger charge is 2.49. The van der Waals surface area contributed by atoms with Crippen molar-refractivity contribution in [3.05, 3.63) is 71.0 Å². The van der Waals surface area contributed by atoms with E-state index < -0.39 is 23.6 Å². The maximum atomic E-state index is 13.6. The molecule has 3 amide bonds. The van der Waals surface area contributed by atoms with Crippen LogP contribution in [0.3, 0.4) is 0 Å². The molecule has 0 saturated carbocycles. The van der Waals surface area contributed by atoms with Crippen LogP contribution in [0.2, 0.25) is 0 Å². The largest absolute Gasteiger partial charge is 0.389 e. The zero-order chi connectivity index (χ0) is 21.9. The molecule has 0 aromatic heterocycles. The third-order valence-electron chi connectivity index (χ3n) is 5.35. The third-order valence-corrected chi connectivity index (χ3v) is 5.35. The number of benzene rings is 2. The van der Waals surface area contributed by atoms with Gasteiger partial charge < -0.3 is 15.2 Å². The molecule has 2 unspecified atom stereocenters. The molecule has 0 spiro atoms. The zero-order valence-electron chi connectivity index (χ0n) is 17.4. The summed E-state index contributed by atoms with van der Waals surface area (Å²) in [5.41, 5.74) is 0.994. The minimum absolute atomic E-state index is 0.0101. The van der Waals surface area contributed by atoms with E-state index in [0.29, 0.717) is 17.0 Å². The second-order valence-corrected chi connectivity index (χ2v) is 8.01. The predicted octanol–water partition coefficient (Wildman–Crippen LogP) is 3.29. The number of carbonyl (C=O) groups excluding carboxylic acids is 2. The van der Waals surface area contributed by atoms with E-state index in [2.05, 4.69) is 19.2 Å². The van der Waals surface area contributed by atoms with Gasteiger partial charge in [-0.15, -0.1) is 0 Å². The van der Waals surface area contributed by atoms with Crippen LogP contribution in [0.5, 0.6) is 0 Å². The van der Waals surface area contributed by atoms with E-state index in [1.807, 2.05) is 24.3 Å². The molecule has 1 saturated heterocycles. The summed E-state index contributed by atoms with van der Waals surface area (Å²) in [6.45, 7) is 5.46. The Balaban J connectivity index is 1.60. The molecule has 2 N–H and O–H groups in total. The fourth-order valence-corrected chi connectivity index (χ4v) is 3.44. The zero-order valence-corrected chi connectivity index (χ0v) is 17.4. The van der Waals surface area contributed by atoms with Gasteiger partial charge in [0.2, 0.25) is 0 Å². The number of carbonyl (C=O) groups is 2. The molecule has 0 aliphatic carbocycles. The van der Waals surface area contributed by atoms with E-state index in [4.69, 9.17) is 4.74 Å². The Morgan fingerprint density at radius 1 is 1.13 bits per heavy atom. The van der Waals surface area contributed by atoms with E-state index in [1.54, 1.807) is 25.1 Å². The second-order valence-electron chi connectivity index (χ2n) is 8.01. The maximum absolute atomic E-state index is 13.6. The van der Waals surface area contributed by atoms with Gasteiger partial charge in [0.15, 0.2) is 0 Å². The summed E-state index contributed by atoms with van der Waals surface area (Å²) in [5, 5.41) is 13.0. The summed E-state index contributed by atoms with van der Waals surface area (Å²) in [4.78, 5) is 26.4. The number of halogens is 1. The summed E-state index contributed by atoms with van der Waals surface area (Å²) in [7, 11) is 0. The number of aliphatic hydroxyl groups excluding tert-OH is 1. The average molecular weight is 414 g/mol. The number of imide groups is 1. The number of rotatable bonds is 8. The standard InChI is InChI=1S/C23H27FN2O4/c1-15(2)16-8-10-18(11-9-16)23(3)21(28)26(22(29)25-23)12-19(27)14-30-13-17-6-4-5-7-20(17)24/h4-11,15,19,27H,12-14H2,1-3H3,(H,25,29). The first kappa shape index (κ1) is 21.9. The van der Waals surface area contributed by atoms with E-state index >= 15 is 0 Å². The van der Waals surface area contributed by atoms with Gasteiger partial charge in [-0.3, -0.25) is 9.69 Å². The number of hydrogen-bond donors (Lipinski definition) is 2. The summed E-state index contributed by atoms with van der Waals surface area (Å²) >= 11 is 0. The Hall–Kier alpha value is -2.77. The molecular weight excluding hydrogens is 387 g/mol. The first-order chi connectivity index (χ1) is 14.2. The van der Waals surface area contributed by atoms with E-state index in [0.717, 1.165) is 10.5 Å². The molecule has 3 rings (SSSR count). The van der Waals surface area contributed by atoms with Crippen molar-refractivity contribution in [3.63, 3.8) is 0 Å². The molecule has 1 heterocycles. The molecule has 2 atom stereocenters. The predicted molar refractivity (Wildman–Crippen MR) is 110 cm³/mol. The lowest BCUT2D eigenvalue weighted by molar-refractivity contribution is -0.132. The number of hydrogen-bond acceptors (Lipinski definition) is 4. The topological polar surface area (TPSA) is 78.9 Å². The van der Waals surface area contributed by atoms with Crippen LogP contribution in [0.1, 0.15) is 43.4 Å². The van der Waals surface area contributed by atoms with Crippen molar-refractivity contribution in [2.24, 2.45) is 0 Å². The highest BCUT2D eigenvalue weighted by molar-refractivity contribution is 6.07. The van der Waals surface area contributed by atoms with Gasteiger partial charge in [-0.1, -0.05) is 56.3 Å². The van der Waals surface area contributed by atoms with Crippen molar-refractivity contribution in [1.82, 2.24) is 10.2 Å². The first-order valence-corrected chi connectivity index (χ1v) is 9.96. The lowest BCUT2D eigenvalue weighted by atomic mass is 9.90. The fraction of sp³-hybridized carbons (Fsp3) is 0.391. The quantitative estimate of drug-likeness (QED) is 0.650. The Kier molecular flexibility index (Phi) is 6.53. The van der Waals surface area contributed by atoms with Crippen molar-refractivity contribution >= 4 is 11.9 Å². The number of ether oxygens (including phenoxy) is 1. The molecule has 1 aliphatic rings. The molecule has 6 nitrogen and oxygen atoms in total. The molecule has 7 heteroatoms. The van der Waals surface area contributed by atoms with Crippen molar-refractivity contribution in [3.8, 4) is 0 Å². The Labute approximate surface area is 175 Å². The van der Waals surface area contributed by atoms with Crippen LogP contribution in [-0.2, 0) is 21.7 Å². The molecule has 0 bridgehead atoms. The van der Waals surface area contributed by atoms with Crippen LogP contribution in [0, 0.1) is 5.82 Å². The molecular formula is C23H27FN2O4. The van der Waals surface area contributed by atoms with Crippen molar-refractivity contribution in [2.45, 2.75) is 44.9 Å². The molecule has 0 radical (unpaired) electrons. The number of amides is 3. The number of β-amino-alcohol motifs (C(OH)–C–C–N with tert-alkyl or cyclic N) is 1. The van der Waals surface area contributed by atoms with E-state index in [1.165, 1.54) is 6.07 Å². The SMILES string of the molecule is CC(C)c1ccc(C2(C)NC(=O)N(CC(O)COCc3ccccc3F)C2=O)cc1. The number of urea groups is 1. The minimum atomic E-state index is -1.19. The molecule has 2 aromatic rings. The summed E-state index contributed by atoms with van der Waals surface area (Å²) < 4.78 is 19.0. The average Bonchev–Trinajstić information content (AvgIpc) is 2.93. The summed E-state index contributed by atoms with van der Waals surface area (Å²) in [5.74, 6) is -0.463. The van der Waals surface area contributed by atoms with Crippen LogP contribution in [0.15, 0.2) is 48.5 Å². The Morgan fingerprint density at radius 3 is 2.43 bits per heavy atom. The molecule has 30 heavy (non-hydrogen) atoms. The summed E-state index contributed by atoms with van der Waals surface area (Å²) in [6.07, 6.45) is -1.09. The Bertz CT molecular complexity index is 916. The van der Waals surface area contributed by atoms with Gasteiger partial charge in [-0.05, 0) is 30.0 Å². The van der Waals surface area contributed by atoms with Gasteiger partial charge in [0.05, 0.1) is 25.9 Å². The first-order valence-electron chi connectivity index (χ1n) is 9.96. The lowest BCUT2D eigenvalue weighted by Gasteiger charge is -2.23. The van der Waals surface area contributed by atoms with Crippen LogP contribution < -0.4 is 5.32 Å². The fourth-order valence-electron chi connectivity index (χ4n) is 3.44. The number of nitrogens with one attached hydrogen (secondary N) is 1. The highest BCUT2D eigenvalue weighted by Crippen LogP contribution is 2.30. The van der Waals surface area contributed by atoms with E-state index in [-0.39, 0.29) is 25.6 Å². The van der Waals surface area contributed by atoms with Crippen LogP contribution in [0.4, 0.5) is 9.18 Å². The van der Waals surface area contributed by atoms with Gasteiger partial charge in [0, 0.05) is 5.56 Å². The van der Waals surface area contributed by atoms with Crippen LogP contribution in [0.25, 0.3) is 0 Å². The van der Waals surface area contributed by atoms with Crippen molar-refractivity contribution in [1.29, 1.82) is 0 Å². The third kappa shape index (κ3) is 4.52. The molecule has 1 fully saturated rings. The molecule has 160 valence electrons. The Morgan fingerprint density at radius 2 is 1.80 bits per heavy atom. The lowest BCUT2D eigenvalue weighted by Crippen LogP contribution is -2.42.